The number of ether oxygens (including phenoxy) is 3. The molecular formula is C15H14F10O8S. The van der Waals surface area contributed by atoms with E-state index in [2.05, 4.69) is 27.4 Å². The summed E-state index contributed by atoms with van der Waals surface area (Å²) in [6.07, 6.45) is -16.1. The van der Waals surface area contributed by atoms with Crippen molar-refractivity contribution < 1.29 is 80.7 Å². The van der Waals surface area contributed by atoms with E-state index in [1.54, 1.807) is 0 Å². The molecule has 198 valence electrons. The van der Waals surface area contributed by atoms with Crippen LogP contribution in [0.25, 0.3) is 0 Å². The first-order valence-corrected chi connectivity index (χ1v) is 9.66. The van der Waals surface area contributed by atoms with Gasteiger partial charge in [0.05, 0.1) is 12.9 Å². The maximum atomic E-state index is 13.5. The first-order chi connectivity index (χ1) is 15.0. The van der Waals surface area contributed by atoms with Crippen LogP contribution in [0.5, 0.6) is 0 Å². The third kappa shape index (κ3) is 7.05. The molecule has 0 saturated carbocycles. The molecule has 0 bridgehead atoms. The Balaban J connectivity index is 5.70. The lowest BCUT2D eigenvalue weighted by Crippen LogP contribution is -2.58. The van der Waals surface area contributed by atoms with E-state index in [4.69, 9.17) is 4.55 Å². The highest BCUT2D eigenvalue weighted by Crippen LogP contribution is 2.42. The number of carbonyl (C=O) groups is 2. The van der Waals surface area contributed by atoms with Crippen LogP contribution in [0.3, 0.4) is 0 Å². The first-order valence-electron chi connectivity index (χ1n) is 8.22. The summed E-state index contributed by atoms with van der Waals surface area (Å²) < 4.78 is 171. The van der Waals surface area contributed by atoms with Crippen LogP contribution < -0.4 is 0 Å². The van der Waals surface area contributed by atoms with Crippen LogP contribution >= 0.6 is 0 Å². The Morgan fingerprint density at radius 1 is 0.941 bits per heavy atom. The van der Waals surface area contributed by atoms with Crippen molar-refractivity contribution in [3.63, 3.8) is 0 Å². The average molecular weight is 544 g/mol. The molecule has 1 N–H and O–H groups in total. The number of hydrogen-bond donors (Lipinski definition) is 1. The van der Waals surface area contributed by atoms with E-state index >= 15 is 0 Å². The zero-order valence-electron chi connectivity index (χ0n) is 16.3. The lowest BCUT2D eigenvalue weighted by Gasteiger charge is -2.32. The summed E-state index contributed by atoms with van der Waals surface area (Å²) in [5.41, 5.74) is -2.51. The molecule has 0 spiro atoms. The van der Waals surface area contributed by atoms with Gasteiger partial charge >= 0.3 is 51.4 Å². The molecule has 19 heteroatoms. The van der Waals surface area contributed by atoms with E-state index < -0.39 is 82.8 Å². The summed E-state index contributed by atoms with van der Waals surface area (Å²) in [5, 5.41) is -5.97. The fourth-order valence-electron chi connectivity index (χ4n) is 1.85. The SMILES string of the molecule is C=COC(=O)C(OCCCCC(F)(F)C(F)(F)S(=O)(=O)O)(OC(=O)C(=C)C(F)(F)F)C(F)(F)F. The van der Waals surface area contributed by atoms with Crippen LogP contribution in [0.1, 0.15) is 19.3 Å². The normalized spacial score (nSPS) is 15.3. The maximum absolute atomic E-state index is 13.5. The highest BCUT2D eigenvalue weighted by atomic mass is 32.2. The van der Waals surface area contributed by atoms with Gasteiger partial charge in [-0.15, -0.1) is 0 Å². The molecule has 1 unspecified atom stereocenters. The molecule has 8 nitrogen and oxygen atoms in total. The van der Waals surface area contributed by atoms with Crippen molar-refractivity contribution in [2.45, 2.75) is 48.6 Å². The molecular weight excluding hydrogens is 530 g/mol. The summed E-state index contributed by atoms with van der Waals surface area (Å²) in [4.78, 5) is 23.2. The highest BCUT2D eigenvalue weighted by molar-refractivity contribution is 7.87. The summed E-state index contributed by atoms with van der Waals surface area (Å²) >= 11 is 0. The van der Waals surface area contributed by atoms with Gasteiger partial charge in [-0.3, -0.25) is 4.55 Å². The molecule has 1 atom stereocenters. The monoisotopic (exact) mass is 544 g/mol. The molecule has 0 aliphatic carbocycles. The summed E-state index contributed by atoms with van der Waals surface area (Å²) in [6, 6.07) is 0. The van der Waals surface area contributed by atoms with Crippen LogP contribution in [0, 0.1) is 0 Å². The molecule has 0 saturated heterocycles. The molecule has 0 aromatic heterocycles. The fourth-order valence-corrected chi connectivity index (χ4v) is 2.33. The third-order valence-electron chi connectivity index (χ3n) is 3.60. The van der Waals surface area contributed by atoms with Crippen molar-refractivity contribution in [3.05, 3.63) is 25.0 Å². The van der Waals surface area contributed by atoms with Crippen LogP contribution in [0.15, 0.2) is 25.0 Å². The van der Waals surface area contributed by atoms with Crippen LogP contribution in [-0.4, -0.2) is 60.8 Å². The van der Waals surface area contributed by atoms with E-state index in [0.717, 1.165) is 0 Å². The molecule has 0 aromatic rings. The van der Waals surface area contributed by atoms with Crippen molar-refractivity contribution in [3.8, 4) is 0 Å². The van der Waals surface area contributed by atoms with E-state index in [0.29, 0.717) is 0 Å². The predicted octanol–water partition coefficient (Wildman–Crippen LogP) is 3.90. The van der Waals surface area contributed by atoms with Crippen molar-refractivity contribution >= 4 is 22.1 Å². The number of unbranched alkanes of at least 4 members (excludes halogenated alkanes) is 1. The highest BCUT2D eigenvalue weighted by Gasteiger charge is 2.68. The average Bonchev–Trinajstić information content (AvgIpc) is 2.63. The molecule has 0 amide bonds. The second kappa shape index (κ2) is 10.5. The molecule has 34 heavy (non-hydrogen) atoms. The lowest BCUT2D eigenvalue weighted by atomic mass is 10.1. The standard InChI is InChI=1S/C15H14F10O8S/c1-3-31-10(27)12(14(21,22)23,33-9(26)8(2)13(18,19)20)32-7-5-4-6-11(16,17)15(24,25)34(28,29)30/h3H,1-2,4-7H2,(H,28,29,30). The summed E-state index contributed by atoms with van der Waals surface area (Å²) in [5.74, 6) is -15.8. The largest absolute Gasteiger partial charge is 0.468 e. The van der Waals surface area contributed by atoms with Gasteiger partial charge in [0, 0.05) is 6.42 Å². The topological polar surface area (TPSA) is 116 Å². The molecule has 0 rings (SSSR count). The first kappa shape index (κ1) is 31.6. The van der Waals surface area contributed by atoms with E-state index in [1.165, 1.54) is 0 Å². The minimum absolute atomic E-state index is 0.0383. The zero-order chi connectivity index (χ0) is 27.4. The van der Waals surface area contributed by atoms with Gasteiger partial charge in [-0.1, -0.05) is 13.2 Å². The lowest BCUT2D eigenvalue weighted by molar-refractivity contribution is -0.354. The number of rotatable bonds is 12. The van der Waals surface area contributed by atoms with Crippen LogP contribution in [0.2, 0.25) is 0 Å². The number of hydrogen-bond acceptors (Lipinski definition) is 7. The minimum atomic E-state index is -6.59. The van der Waals surface area contributed by atoms with Gasteiger partial charge in [0.2, 0.25) is 0 Å². The third-order valence-corrected chi connectivity index (χ3v) is 4.54. The quantitative estimate of drug-likeness (QED) is 0.0749. The molecule has 0 aliphatic rings. The Morgan fingerprint density at radius 2 is 1.44 bits per heavy atom. The second-order valence-corrected chi connectivity index (χ2v) is 7.52. The van der Waals surface area contributed by atoms with Gasteiger partial charge in [-0.05, 0) is 12.8 Å². The van der Waals surface area contributed by atoms with Crippen LogP contribution in [0.4, 0.5) is 43.9 Å². The Bertz CT molecular complexity index is 894. The van der Waals surface area contributed by atoms with Gasteiger partial charge in [-0.2, -0.15) is 52.3 Å². The zero-order valence-corrected chi connectivity index (χ0v) is 17.1. The van der Waals surface area contributed by atoms with Gasteiger partial charge < -0.3 is 14.2 Å². The van der Waals surface area contributed by atoms with Crippen LogP contribution in [-0.2, 0) is 33.9 Å². The Kier molecular flexibility index (Phi) is 9.72. The predicted molar refractivity (Wildman–Crippen MR) is 87.6 cm³/mol. The molecule has 0 fully saturated rings. The van der Waals surface area contributed by atoms with E-state index in [9.17, 15) is 61.9 Å². The van der Waals surface area contributed by atoms with Crippen molar-refractivity contribution in [2.24, 2.45) is 0 Å². The van der Waals surface area contributed by atoms with E-state index in [-0.39, 0.29) is 6.26 Å². The molecule has 0 aliphatic heterocycles. The second-order valence-electron chi connectivity index (χ2n) is 6.05. The number of esters is 2. The summed E-state index contributed by atoms with van der Waals surface area (Å²) in [6.45, 7) is 3.31. The summed E-state index contributed by atoms with van der Waals surface area (Å²) in [7, 11) is -6.59. The van der Waals surface area contributed by atoms with Gasteiger partial charge in [0.25, 0.3) is 0 Å². The molecule has 0 radical (unpaired) electrons. The van der Waals surface area contributed by atoms with Crippen molar-refractivity contribution in [1.29, 1.82) is 0 Å². The minimum Gasteiger partial charge on any atom is -0.430 e. The van der Waals surface area contributed by atoms with Crippen molar-refractivity contribution in [1.82, 2.24) is 0 Å². The van der Waals surface area contributed by atoms with E-state index in [1.807, 2.05) is 0 Å². The number of alkyl halides is 10. The Labute approximate surface area is 183 Å². The fraction of sp³-hybridized carbons (Fsp3) is 0.600. The smallest absolute Gasteiger partial charge is 0.430 e. The Hall–Kier alpha value is -2.41. The van der Waals surface area contributed by atoms with Gasteiger partial charge in [0.1, 0.15) is 5.57 Å². The van der Waals surface area contributed by atoms with Gasteiger partial charge in [0.15, 0.2) is 0 Å². The number of carbonyl (C=O) groups excluding carboxylic acids is 2. The van der Waals surface area contributed by atoms with Crippen molar-refractivity contribution in [2.75, 3.05) is 6.61 Å². The Morgan fingerprint density at radius 3 is 1.82 bits per heavy atom. The molecule has 0 heterocycles. The number of halogens is 10. The molecule has 0 aromatic carbocycles. The maximum Gasteiger partial charge on any atom is 0.468 e. The van der Waals surface area contributed by atoms with Gasteiger partial charge in [-0.25, -0.2) is 9.59 Å².